The van der Waals surface area contributed by atoms with E-state index in [1.807, 2.05) is 12.1 Å². The van der Waals surface area contributed by atoms with Crippen molar-refractivity contribution in [3.05, 3.63) is 48.0 Å². The highest BCUT2D eigenvalue weighted by Crippen LogP contribution is 2.26. The molecule has 7 nitrogen and oxygen atoms in total. The Kier molecular flexibility index (Phi) is 6.94. The molecular formula is C22H27N3O4. The molecule has 0 saturated carbocycles. The van der Waals surface area contributed by atoms with Gasteiger partial charge < -0.3 is 25.0 Å². The van der Waals surface area contributed by atoms with Crippen LogP contribution in [0, 0.1) is 5.92 Å². The number of hydrogen-bond acceptors (Lipinski definition) is 5. The number of amides is 2. The molecular weight excluding hydrogens is 370 g/mol. The van der Waals surface area contributed by atoms with Crippen molar-refractivity contribution in [3.63, 3.8) is 0 Å². The lowest BCUT2D eigenvalue weighted by Crippen LogP contribution is -2.38. The van der Waals surface area contributed by atoms with Gasteiger partial charge in [0.15, 0.2) is 0 Å². The van der Waals surface area contributed by atoms with E-state index in [1.165, 1.54) is 12.8 Å². The van der Waals surface area contributed by atoms with E-state index in [2.05, 4.69) is 27.7 Å². The summed E-state index contributed by atoms with van der Waals surface area (Å²) in [6.07, 6.45) is 2.63. The number of benzene rings is 2. The SMILES string of the molecule is COc1ccc(N2CCC(CNC(=O)c3ccc(NC=O)c(OC)c3)CC2)cc1. The van der Waals surface area contributed by atoms with E-state index in [1.54, 1.807) is 25.3 Å². The smallest absolute Gasteiger partial charge is 0.251 e. The Morgan fingerprint density at radius 2 is 1.83 bits per heavy atom. The summed E-state index contributed by atoms with van der Waals surface area (Å²) in [5.41, 5.74) is 2.24. The van der Waals surface area contributed by atoms with Crippen molar-refractivity contribution in [2.45, 2.75) is 12.8 Å². The van der Waals surface area contributed by atoms with Crippen LogP contribution in [0.5, 0.6) is 11.5 Å². The quantitative estimate of drug-likeness (QED) is 0.670. The van der Waals surface area contributed by atoms with Crippen LogP contribution in [0.15, 0.2) is 42.5 Å². The van der Waals surface area contributed by atoms with E-state index in [0.717, 1.165) is 31.7 Å². The maximum absolute atomic E-state index is 12.5. The summed E-state index contributed by atoms with van der Waals surface area (Å²) >= 11 is 0. The molecule has 0 aliphatic carbocycles. The topological polar surface area (TPSA) is 79.9 Å². The van der Waals surface area contributed by atoms with Gasteiger partial charge >= 0.3 is 0 Å². The highest BCUT2D eigenvalue weighted by atomic mass is 16.5. The van der Waals surface area contributed by atoms with Crippen molar-refractivity contribution in [2.24, 2.45) is 5.92 Å². The van der Waals surface area contributed by atoms with Crippen LogP contribution in [0.2, 0.25) is 0 Å². The fraction of sp³-hybridized carbons (Fsp3) is 0.364. The highest BCUT2D eigenvalue weighted by Gasteiger charge is 2.20. The second-order valence-electron chi connectivity index (χ2n) is 7.02. The van der Waals surface area contributed by atoms with Crippen LogP contribution >= 0.6 is 0 Å². The third kappa shape index (κ3) is 5.19. The van der Waals surface area contributed by atoms with Crippen LogP contribution in [0.3, 0.4) is 0 Å². The lowest BCUT2D eigenvalue weighted by Gasteiger charge is -2.33. The molecule has 2 N–H and O–H groups in total. The summed E-state index contributed by atoms with van der Waals surface area (Å²) < 4.78 is 10.4. The molecule has 154 valence electrons. The predicted octanol–water partition coefficient (Wildman–Crippen LogP) is 2.92. The van der Waals surface area contributed by atoms with Gasteiger partial charge in [-0.1, -0.05) is 0 Å². The first-order valence-electron chi connectivity index (χ1n) is 9.70. The Morgan fingerprint density at radius 3 is 2.45 bits per heavy atom. The monoisotopic (exact) mass is 397 g/mol. The minimum absolute atomic E-state index is 0.140. The molecule has 2 amide bonds. The lowest BCUT2D eigenvalue weighted by atomic mass is 9.96. The first-order chi connectivity index (χ1) is 14.1. The number of methoxy groups -OCH3 is 2. The van der Waals surface area contributed by atoms with E-state index in [0.29, 0.717) is 35.9 Å². The molecule has 2 aromatic rings. The third-order valence-electron chi connectivity index (χ3n) is 5.28. The molecule has 0 unspecified atom stereocenters. The number of carbonyl (C=O) groups excluding carboxylic acids is 2. The summed E-state index contributed by atoms with van der Waals surface area (Å²) in [7, 11) is 3.17. The van der Waals surface area contributed by atoms with Gasteiger partial charge in [0.05, 0.1) is 19.9 Å². The summed E-state index contributed by atoms with van der Waals surface area (Å²) in [4.78, 5) is 25.5. The standard InChI is InChI=1S/C22H27N3O4/c1-28-19-6-4-18(5-7-19)25-11-9-16(10-12-25)14-23-22(27)17-3-8-20(24-15-26)21(13-17)29-2/h3-8,13,15-16H,9-12,14H2,1-2H3,(H,23,27)(H,24,26). The van der Waals surface area contributed by atoms with Crippen molar-refractivity contribution in [3.8, 4) is 11.5 Å². The van der Waals surface area contributed by atoms with Crippen LogP contribution in [0.1, 0.15) is 23.2 Å². The molecule has 29 heavy (non-hydrogen) atoms. The second-order valence-corrected chi connectivity index (χ2v) is 7.02. The minimum Gasteiger partial charge on any atom is -0.497 e. The molecule has 1 fully saturated rings. The maximum atomic E-state index is 12.5. The fourth-order valence-electron chi connectivity index (χ4n) is 3.54. The van der Waals surface area contributed by atoms with Crippen LogP contribution in [-0.4, -0.2) is 46.2 Å². The second kappa shape index (κ2) is 9.82. The van der Waals surface area contributed by atoms with Gasteiger partial charge in [-0.2, -0.15) is 0 Å². The molecule has 1 aliphatic rings. The average Bonchev–Trinajstić information content (AvgIpc) is 2.78. The summed E-state index contributed by atoms with van der Waals surface area (Å²) in [6, 6.07) is 13.1. The molecule has 1 heterocycles. The number of piperidine rings is 1. The largest absolute Gasteiger partial charge is 0.497 e. The Hall–Kier alpha value is -3.22. The molecule has 0 spiro atoms. The van der Waals surface area contributed by atoms with Gasteiger partial charge in [-0.3, -0.25) is 9.59 Å². The number of rotatable bonds is 8. The zero-order valence-corrected chi connectivity index (χ0v) is 16.8. The molecule has 1 aliphatic heterocycles. The zero-order chi connectivity index (χ0) is 20.6. The molecule has 0 atom stereocenters. The van der Waals surface area contributed by atoms with Crippen molar-refractivity contribution in [2.75, 3.05) is 44.1 Å². The van der Waals surface area contributed by atoms with Gasteiger partial charge in [0.1, 0.15) is 11.5 Å². The Morgan fingerprint density at radius 1 is 1.10 bits per heavy atom. The van der Waals surface area contributed by atoms with Crippen LogP contribution in [-0.2, 0) is 4.79 Å². The first-order valence-corrected chi connectivity index (χ1v) is 9.70. The maximum Gasteiger partial charge on any atom is 0.251 e. The van der Waals surface area contributed by atoms with Crippen LogP contribution in [0.4, 0.5) is 11.4 Å². The van der Waals surface area contributed by atoms with E-state index >= 15 is 0 Å². The molecule has 0 bridgehead atoms. The molecule has 0 radical (unpaired) electrons. The van der Waals surface area contributed by atoms with E-state index in [-0.39, 0.29) is 5.91 Å². The number of nitrogens with zero attached hydrogens (tertiary/aromatic N) is 1. The van der Waals surface area contributed by atoms with Crippen molar-refractivity contribution in [1.29, 1.82) is 0 Å². The summed E-state index contributed by atoms with van der Waals surface area (Å²) in [5, 5.41) is 5.57. The van der Waals surface area contributed by atoms with E-state index in [9.17, 15) is 9.59 Å². The first kappa shape index (κ1) is 20.5. The van der Waals surface area contributed by atoms with Gasteiger partial charge in [-0.15, -0.1) is 0 Å². The fourth-order valence-corrected chi connectivity index (χ4v) is 3.54. The minimum atomic E-state index is -0.140. The summed E-state index contributed by atoms with van der Waals surface area (Å²) in [6.45, 7) is 2.57. The number of carbonyl (C=O) groups is 2. The molecule has 1 saturated heterocycles. The van der Waals surface area contributed by atoms with Crippen molar-refractivity contribution < 1.29 is 19.1 Å². The Balaban J connectivity index is 1.49. The highest BCUT2D eigenvalue weighted by molar-refractivity contribution is 5.95. The van der Waals surface area contributed by atoms with Gasteiger partial charge in [0, 0.05) is 30.9 Å². The predicted molar refractivity (Wildman–Crippen MR) is 113 cm³/mol. The van der Waals surface area contributed by atoms with Crippen molar-refractivity contribution >= 4 is 23.7 Å². The van der Waals surface area contributed by atoms with Gasteiger partial charge in [0.25, 0.3) is 5.91 Å². The summed E-state index contributed by atoms with van der Waals surface area (Å²) in [5.74, 6) is 1.63. The molecule has 7 heteroatoms. The number of anilines is 2. The van der Waals surface area contributed by atoms with E-state index in [4.69, 9.17) is 9.47 Å². The molecule has 3 rings (SSSR count). The van der Waals surface area contributed by atoms with Crippen LogP contribution in [0.25, 0.3) is 0 Å². The number of nitrogens with one attached hydrogen (secondary N) is 2. The number of hydrogen-bond donors (Lipinski definition) is 2. The van der Waals surface area contributed by atoms with Crippen LogP contribution < -0.4 is 25.0 Å². The Labute approximate surface area is 171 Å². The molecule has 0 aromatic heterocycles. The molecule has 2 aromatic carbocycles. The number of ether oxygens (including phenoxy) is 2. The Bertz CT molecular complexity index is 830. The van der Waals surface area contributed by atoms with Gasteiger partial charge in [-0.05, 0) is 61.2 Å². The third-order valence-corrected chi connectivity index (χ3v) is 5.28. The lowest BCUT2D eigenvalue weighted by molar-refractivity contribution is -0.105. The normalized spacial score (nSPS) is 14.2. The van der Waals surface area contributed by atoms with Gasteiger partial charge in [-0.25, -0.2) is 0 Å². The van der Waals surface area contributed by atoms with E-state index < -0.39 is 0 Å². The van der Waals surface area contributed by atoms with Crippen molar-refractivity contribution in [1.82, 2.24) is 5.32 Å². The van der Waals surface area contributed by atoms with Gasteiger partial charge in [0.2, 0.25) is 6.41 Å². The average molecular weight is 397 g/mol. The zero-order valence-electron chi connectivity index (χ0n) is 16.8.